The second-order valence-electron chi connectivity index (χ2n) is 8.84. The van der Waals surface area contributed by atoms with E-state index >= 15 is 0 Å². The Morgan fingerprint density at radius 2 is 1.90 bits per heavy atom. The Morgan fingerprint density at radius 1 is 1.16 bits per heavy atom. The van der Waals surface area contributed by atoms with Gasteiger partial charge in [-0.3, -0.25) is 10.00 Å². The molecule has 31 heavy (non-hydrogen) atoms. The molecule has 2 aromatic heterocycles. The number of aromatic amines is 1. The predicted octanol–water partition coefficient (Wildman–Crippen LogP) is 3.96. The second-order valence-corrected chi connectivity index (χ2v) is 8.84. The van der Waals surface area contributed by atoms with Crippen LogP contribution in [0.25, 0.3) is 0 Å². The highest BCUT2D eigenvalue weighted by molar-refractivity contribution is 5.29. The summed E-state index contributed by atoms with van der Waals surface area (Å²) in [4.78, 5) is 13.2. The Hall–Kier alpha value is -2.93. The third kappa shape index (κ3) is 5.41. The maximum absolute atomic E-state index is 5.93. The number of hydrogen-bond acceptors (Lipinski definition) is 6. The molecule has 0 bridgehead atoms. The smallest absolute Gasteiger partial charge is 0.224 e. The van der Waals surface area contributed by atoms with Crippen molar-refractivity contribution in [3.05, 3.63) is 65.2 Å². The summed E-state index contributed by atoms with van der Waals surface area (Å²) in [6.07, 6.45) is 4.96. The van der Waals surface area contributed by atoms with E-state index in [0.29, 0.717) is 18.4 Å². The number of ether oxygens (including phenoxy) is 1. The zero-order chi connectivity index (χ0) is 21.8. The molecule has 0 radical (unpaired) electrons. The normalized spacial score (nSPS) is 16.7. The highest BCUT2D eigenvalue weighted by Crippen LogP contribution is 2.27. The zero-order valence-corrected chi connectivity index (χ0v) is 18.9. The molecule has 0 aliphatic carbocycles. The predicted molar refractivity (Wildman–Crippen MR) is 122 cm³/mol. The fourth-order valence-corrected chi connectivity index (χ4v) is 3.91. The molecule has 7 nitrogen and oxygen atoms in total. The molecule has 0 saturated carbocycles. The minimum absolute atomic E-state index is 0.442. The van der Waals surface area contributed by atoms with Crippen LogP contribution >= 0.6 is 0 Å². The van der Waals surface area contributed by atoms with E-state index in [2.05, 4.69) is 57.1 Å². The van der Waals surface area contributed by atoms with Gasteiger partial charge in [-0.15, -0.1) is 0 Å². The number of nitrogens with one attached hydrogen (secondary N) is 1. The second kappa shape index (κ2) is 9.47. The Kier molecular flexibility index (Phi) is 6.51. The SMILES string of the molecule is CC(C)c1ccc(OCc2cc([C@@H]3CCN(Cc4cnc(N(C)C)nc4)C3)n[nH]2)cc1. The summed E-state index contributed by atoms with van der Waals surface area (Å²) < 4.78 is 5.93. The van der Waals surface area contributed by atoms with Gasteiger partial charge in [-0.25, -0.2) is 9.97 Å². The van der Waals surface area contributed by atoms with E-state index in [-0.39, 0.29) is 0 Å². The van der Waals surface area contributed by atoms with E-state index < -0.39 is 0 Å². The maximum Gasteiger partial charge on any atom is 0.224 e. The summed E-state index contributed by atoms with van der Waals surface area (Å²) >= 11 is 0. The fourth-order valence-electron chi connectivity index (χ4n) is 3.91. The first-order valence-electron chi connectivity index (χ1n) is 11.0. The highest BCUT2D eigenvalue weighted by atomic mass is 16.5. The van der Waals surface area contributed by atoms with Crippen molar-refractivity contribution in [2.45, 2.75) is 45.3 Å². The lowest BCUT2D eigenvalue weighted by Gasteiger charge is -2.16. The van der Waals surface area contributed by atoms with Crippen molar-refractivity contribution >= 4 is 5.95 Å². The number of benzene rings is 1. The first-order chi connectivity index (χ1) is 15.0. The molecule has 1 atom stereocenters. The molecule has 1 aliphatic rings. The van der Waals surface area contributed by atoms with Crippen molar-refractivity contribution in [3.8, 4) is 5.75 Å². The van der Waals surface area contributed by atoms with Crippen molar-refractivity contribution in [1.29, 1.82) is 0 Å². The van der Waals surface area contributed by atoms with Crippen molar-refractivity contribution in [1.82, 2.24) is 25.1 Å². The molecular weight excluding hydrogens is 388 g/mol. The maximum atomic E-state index is 5.93. The number of likely N-dealkylation sites (tertiary alicyclic amines) is 1. The van der Waals surface area contributed by atoms with Crippen LogP contribution in [0.3, 0.4) is 0 Å². The van der Waals surface area contributed by atoms with Crippen LogP contribution in [-0.2, 0) is 13.2 Å². The average Bonchev–Trinajstić information content (AvgIpc) is 3.42. The third-order valence-corrected chi connectivity index (χ3v) is 5.78. The molecule has 0 unspecified atom stereocenters. The Bertz CT molecular complexity index is 964. The van der Waals surface area contributed by atoms with Gasteiger partial charge in [0.05, 0.1) is 11.4 Å². The monoisotopic (exact) mass is 420 g/mol. The lowest BCUT2D eigenvalue weighted by molar-refractivity contribution is 0.301. The molecule has 7 heteroatoms. The fraction of sp³-hybridized carbons (Fsp3) is 0.458. The molecule has 1 fully saturated rings. The van der Waals surface area contributed by atoms with Gasteiger partial charge in [-0.1, -0.05) is 26.0 Å². The van der Waals surface area contributed by atoms with E-state index in [1.165, 1.54) is 5.56 Å². The topological polar surface area (TPSA) is 70.2 Å². The largest absolute Gasteiger partial charge is 0.487 e. The molecule has 1 N–H and O–H groups in total. The molecule has 3 aromatic rings. The minimum atomic E-state index is 0.442. The molecular formula is C24H32N6O. The number of nitrogens with zero attached hydrogens (tertiary/aromatic N) is 5. The van der Waals surface area contributed by atoms with Crippen LogP contribution in [0.2, 0.25) is 0 Å². The quantitative estimate of drug-likeness (QED) is 0.595. The lowest BCUT2D eigenvalue weighted by Crippen LogP contribution is -2.20. The molecule has 0 spiro atoms. The highest BCUT2D eigenvalue weighted by Gasteiger charge is 2.26. The molecule has 0 amide bonds. The van der Waals surface area contributed by atoms with E-state index in [1.54, 1.807) is 0 Å². The van der Waals surface area contributed by atoms with Gasteiger partial charge in [0.2, 0.25) is 5.95 Å². The van der Waals surface area contributed by atoms with Crippen LogP contribution in [-0.4, -0.2) is 52.3 Å². The first kappa shape index (κ1) is 21.3. The molecule has 1 saturated heterocycles. The van der Waals surface area contributed by atoms with Crippen LogP contribution in [0.15, 0.2) is 42.7 Å². The number of anilines is 1. The Balaban J connectivity index is 1.28. The Labute approximate surface area is 184 Å². The molecule has 1 aliphatic heterocycles. The van der Waals surface area contributed by atoms with Crippen molar-refractivity contribution in [3.63, 3.8) is 0 Å². The van der Waals surface area contributed by atoms with Crippen LogP contribution < -0.4 is 9.64 Å². The van der Waals surface area contributed by atoms with Gasteiger partial charge in [0.25, 0.3) is 0 Å². The van der Waals surface area contributed by atoms with Crippen molar-refractivity contribution in [2.24, 2.45) is 0 Å². The molecule has 4 rings (SSSR count). The molecule has 1 aromatic carbocycles. The van der Waals surface area contributed by atoms with Gasteiger partial charge in [-0.05, 0) is 42.6 Å². The van der Waals surface area contributed by atoms with Gasteiger partial charge >= 0.3 is 0 Å². The number of aromatic nitrogens is 4. The summed E-state index contributed by atoms with van der Waals surface area (Å²) in [6, 6.07) is 10.5. The first-order valence-corrected chi connectivity index (χ1v) is 11.0. The van der Waals surface area contributed by atoms with E-state index in [1.807, 2.05) is 43.5 Å². The summed E-state index contributed by atoms with van der Waals surface area (Å²) in [6.45, 7) is 7.82. The third-order valence-electron chi connectivity index (χ3n) is 5.78. The summed E-state index contributed by atoms with van der Waals surface area (Å²) in [7, 11) is 3.90. The molecule has 3 heterocycles. The summed E-state index contributed by atoms with van der Waals surface area (Å²) in [5, 5.41) is 7.70. The van der Waals surface area contributed by atoms with Gasteiger partial charge in [0, 0.05) is 51.1 Å². The van der Waals surface area contributed by atoms with Gasteiger partial charge in [0.15, 0.2) is 0 Å². The lowest BCUT2D eigenvalue weighted by atomic mass is 10.0. The number of hydrogen-bond donors (Lipinski definition) is 1. The Morgan fingerprint density at radius 3 is 2.58 bits per heavy atom. The zero-order valence-electron chi connectivity index (χ0n) is 18.9. The van der Waals surface area contributed by atoms with Crippen molar-refractivity contribution in [2.75, 3.05) is 32.1 Å². The summed E-state index contributed by atoms with van der Waals surface area (Å²) in [5.74, 6) is 2.60. The van der Waals surface area contributed by atoms with E-state index in [4.69, 9.17) is 4.74 Å². The molecule has 164 valence electrons. The van der Waals surface area contributed by atoms with E-state index in [0.717, 1.165) is 54.7 Å². The average molecular weight is 421 g/mol. The van der Waals surface area contributed by atoms with Crippen LogP contribution in [0.5, 0.6) is 5.75 Å². The van der Waals surface area contributed by atoms with Gasteiger partial charge in [0.1, 0.15) is 12.4 Å². The van der Waals surface area contributed by atoms with Crippen LogP contribution in [0.1, 0.15) is 54.6 Å². The van der Waals surface area contributed by atoms with Gasteiger partial charge < -0.3 is 9.64 Å². The van der Waals surface area contributed by atoms with Crippen molar-refractivity contribution < 1.29 is 4.74 Å². The summed E-state index contributed by atoms with van der Waals surface area (Å²) in [5.41, 5.74) is 4.59. The van der Waals surface area contributed by atoms with E-state index in [9.17, 15) is 0 Å². The number of H-pyrrole nitrogens is 1. The van der Waals surface area contributed by atoms with Crippen LogP contribution in [0.4, 0.5) is 5.95 Å². The standard InChI is InChI=1S/C24H32N6O/c1-17(2)19-5-7-22(8-6-19)31-16-21-11-23(28-27-21)20-9-10-30(15-20)14-18-12-25-24(26-13-18)29(3)4/h5-8,11-13,17,20H,9-10,14-16H2,1-4H3,(H,27,28)/t20-/m1/s1. The minimum Gasteiger partial charge on any atom is -0.487 e. The van der Waals surface area contributed by atoms with Gasteiger partial charge in [-0.2, -0.15) is 5.10 Å². The van der Waals surface area contributed by atoms with Crippen LogP contribution in [0, 0.1) is 0 Å². The number of rotatable bonds is 8.